The quantitative estimate of drug-likeness (QED) is 0.563. The minimum atomic E-state index is -0.695. The van der Waals surface area contributed by atoms with Gasteiger partial charge in [-0.1, -0.05) is 0 Å². The van der Waals surface area contributed by atoms with Crippen molar-refractivity contribution < 1.29 is 13.6 Å². The number of rotatable bonds is 3. The highest BCUT2D eigenvalue weighted by atomic mass is 35.5. The zero-order valence-electron chi connectivity index (χ0n) is 7.61. The lowest BCUT2D eigenvalue weighted by molar-refractivity contribution is 0.0985. The molecule has 1 aromatic carbocycles. The number of hydrogen-bond donors (Lipinski definition) is 0. The number of alkyl halides is 1. The highest BCUT2D eigenvalue weighted by Gasteiger charge is 2.13. The number of hydrogen-bond acceptors (Lipinski definition) is 1. The predicted octanol–water partition coefficient (Wildman–Crippen LogP) is 3.08. The van der Waals surface area contributed by atoms with Gasteiger partial charge in [0.05, 0.1) is 5.56 Å². The standard InChI is InChI=1S/C10H9ClF2O/c1-6-4-9(13)7(5-8(6)12)10(14)2-3-11/h4-5H,2-3H2,1H3. The summed E-state index contributed by atoms with van der Waals surface area (Å²) in [6, 6.07) is 1.93. The second-order valence-electron chi connectivity index (χ2n) is 2.94. The Balaban J connectivity index is 3.09. The van der Waals surface area contributed by atoms with Gasteiger partial charge in [0.25, 0.3) is 0 Å². The van der Waals surface area contributed by atoms with Gasteiger partial charge in [-0.15, -0.1) is 11.6 Å². The molecule has 0 spiro atoms. The maximum atomic E-state index is 13.2. The molecule has 0 amide bonds. The van der Waals surface area contributed by atoms with Crippen molar-refractivity contribution >= 4 is 17.4 Å². The van der Waals surface area contributed by atoms with Crippen LogP contribution in [0.5, 0.6) is 0 Å². The fourth-order valence-corrected chi connectivity index (χ4v) is 1.25. The molecule has 0 aromatic heterocycles. The third-order valence-corrected chi connectivity index (χ3v) is 2.06. The Morgan fingerprint density at radius 1 is 1.36 bits per heavy atom. The van der Waals surface area contributed by atoms with E-state index in [1.54, 1.807) is 0 Å². The molecule has 76 valence electrons. The molecule has 1 aromatic rings. The summed E-state index contributed by atoms with van der Waals surface area (Å²) >= 11 is 5.33. The van der Waals surface area contributed by atoms with E-state index in [2.05, 4.69) is 0 Å². The number of carbonyl (C=O) groups is 1. The molecule has 0 bridgehead atoms. The molecule has 0 atom stereocenters. The molecule has 0 aliphatic heterocycles. The number of aryl methyl sites for hydroxylation is 1. The van der Waals surface area contributed by atoms with Crippen molar-refractivity contribution in [3.63, 3.8) is 0 Å². The van der Waals surface area contributed by atoms with Gasteiger partial charge in [0.15, 0.2) is 5.78 Å². The first-order chi connectivity index (χ1) is 6.56. The highest BCUT2D eigenvalue weighted by Crippen LogP contribution is 2.15. The van der Waals surface area contributed by atoms with Crippen LogP contribution >= 0.6 is 11.6 Å². The third kappa shape index (κ3) is 2.29. The summed E-state index contributed by atoms with van der Waals surface area (Å²) in [6.07, 6.45) is 0.0149. The molecule has 0 unspecified atom stereocenters. The first-order valence-corrected chi connectivity index (χ1v) is 4.64. The van der Waals surface area contributed by atoms with Crippen molar-refractivity contribution in [1.29, 1.82) is 0 Å². The van der Waals surface area contributed by atoms with Crippen LogP contribution in [0.25, 0.3) is 0 Å². The minimum Gasteiger partial charge on any atom is -0.294 e. The summed E-state index contributed by atoms with van der Waals surface area (Å²) in [4.78, 5) is 11.2. The van der Waals surface area contributed by atoms with Crippen LogP contribution in [0.15, 0.2) is 12.1 Å². The van der Waals surface area contributed by atoms with Crippen LogP contribution in [-0.4, -0.2) is 11.7 Å². The fraction of sp³-hybridized carbons (Fsp3) is 0.300. The molecular formula is C10H9ClF2O. The maximum Gasteiger partial charge on any atom is 0.167 e. The normalized spacial score (nSPS) is 10.3. The number of carbonyl (C=O) groups excluding carboxylic acids is 1. The van der Waals surface area contributed by atoms with Gasteiger partial charge in [-0.25, -0.2) is 8.78 Å². The van der Waals surface area contributed by atoms with E-state index in [0.717, 1.165) is 12.1 Å². The molecule has 0 N–H and O–H groups in total. The second kappa shape index (κ2) is 4.51. The molecule has 0 saturated heterocycles. The van der Waals surface area contributed by atoms with E-state index in [9.17, 15) is 13.6 Å². The topological polar surface area (TPSA) is 17.1 Å². The Morgan fingerprint density at radius 3 is 2.57 bits per heavy atom. The lowest BCUT2D eigenvalue weighted by Gasteiger charge is -2.03. The van der Waals surface area contributed by atoms with Crippen molar-refractivity contribution in [3.8, 4) is 0 Å². The van der Waals surface area contributed by atoms with Gasteiger partial charge in [0, 0.05) is 12.3 Å². The van der Waals surface area contributed by atoms with Crippen molar-refractivity contribution in [2.75, 3.05) is 5.88 Å². The van der Waals surface area contributed by atoms with E-state index in [4.69, 9.17) is 11.6 Å². The van der Waals surface area contributed by atoms with Crippen LogP contribution < -0.4 is 0 Å². The van der Waals surface area contributed by atoms with Gasteiger partial charge in [-0.3, -0.25) is 4.79 Å². The van der Waals surface area contributed by atoms with Gasteiger partial charge in [0.1, 0.15) is 11.6 Å². The van der Waals surface area contributed by atoms with Crippen molar-refractivity contribution in [1.82, 2.24) is 0 Å². The number of benzene rings is 1. The van der Waals surface area contributed by atoms with E-state index in [-0.39, 0.29) is 23.4 Å². The van der Waals surface area contributed by atoms with Crippen LogP contribution in [0.3, 0.4) is 0 Å². The number of ketones is 1. The molecule has 14 heavy (non-hydrogen) atoms. The average molecular weight is 219 g/mol. The molecule has 0 radical (unpaired) electrons. The van der Waals surface area contributed by atoms with E-state index >= 15 is 0 Å². The van der Waals surface area contributed by atoms with Gasteiger partial charge >= 0.3 is 0 Å². The van der Waals surface area contributed by atoms with E-state index < -0.39 is 17.4 Å². The average Bonchev–Trinajstić information content (AvgIpc) is 2.11. The first-order valence-electron chi connectivity index (χ1n) is 4.11. The molecule has 0 fully saturated rings. The second-order valence-corrected chi connectivity index (χ2v) is 3.32. The van der Waals surface area contributed by atoms with Crippen LogP contribution in [0.4, 0.5) is 8.78 Å². The zero-order chi connectivity index (χ0) is 10.7. The first kappa shape index (κ1) is 11.1. The maximum absolute atomic E-state index is 13.2. The predicted molar refractivity (Wildman–Crippen MR) is 50.8 cm³/mol. The molecule has 4 heteroatoms. The summed E-state index contributed by atoms with van der Waals surface area (Å²) in [6.45, 7) is 1.44. The van der Waals surface area contributed by atoms with Gasteiger partial charge in [-0.05, 0) is 24.6 Å². The lowest BCUT2D eigenvalue weighted by atomic mass is 10.1. The highest BCUT2D eigenvalue weighted by molar-refractivity contribution is 6.19. The van der Waals surface area contributed by atoms with Crippen LogP contribution in [0.1, 0.15) is 22.3 Å². The Kier molecular flexibility index (Phi) is 3.58. The molecule has 0 heterocycles. The zero-order valence-corrected chi connectivity index (χ0v) is 8.37. The summed E-state index contributed by atoms with van der Waals surface area (Å²) in [5.74, 6) is -1.65. The number of halogens is 3. The number of Topliss-reactive ketones (excluding diaryl/α,β-unsaturated/α-hetero) is 1. The van der Waals surface area contributed by atoms with Gasteiger partial charge < -0.3 is 0 Å². The van der Waals surface area contributed by atoms with Crippen LogP contribution in [0, 0.1) is 18.6 Å². The Morgan fingerprint density at radius 2 is 2.00 bits per heavy atom. The molecule has 1 rings (SSSR count). The van der Waals surface area contributed by atoms with E-state index in [1.807, 2.05) is 0 Å². The molecule has 0 aliphatic rings. The van der Waals surface area contributed by atoms with Gasteiger partial charge in [0.2, 0.25) is 0 Å². The summed E-state index contributed by atoms with van der Waals surface area (Å²) in [7, 11) is 0. The van der Waals surface area contributed by atoms with Crippen LogP contribution in [0.2, 0.25) is 0 Å². The molecule has 1 nitrogen and oxygen atoms in total. The molecule has 0 aliphatic carbocycles. The lowest BCUT2D eigenvalue weighted by Crippen LogP contribution is -2.04. The monoisotopic (exact) mass is 218 g/mol. The van der Waals surface area contributed by atoms with E-state index in [0.29, 0.717) is 0 Å². The molecule has 0 saturated carbocycles. The Labute approximate surface area is 85.7 Å². The van der Waals surface area contributed by atoms with Gasteiger partial charge in [-0.2, -0.15) is 0 Å². The van der Waals surface area contributed by atoms with Crippen molar-refractivity contribution in [2.24, 2.45) is 0 Å². The SMILES string of the molecule is Cc1cc(F)c(C(=O)CCCl)cc1F. The fourth-order valence-electron chi connectivity index (χ4n) is 1.08. The van der Waals surface area contributed by atoms with E-state index in [1.165, 1.54) is 6.92 Å². The van der Waals surface area contributed by atoms with Crippen LogP contribution in [-0.2, 0) is 0 Å². The summed E-state index contributed by atoms with van der Waals surface area (Å²) in [5, 5.41) is 0. The van der Waals surface area contributed by atoms with Crippen molar-refractivity contribution in [3.05, 3.63) is 34.9 Å². The minimum absolute atomic E-state index is 0.0149. The summed E-state index contributed by atoms with van der Waals surface area (Å²) < 4.78 is 26.2. The third-order valence-electron chi connectivity index (χ3n) is 1.87. The smallest absolute Gasteiger partial charge is 0.167 e. The Bertz CT molecular complexity index is 363. The molecular weight excluding hydrogens is 210 g/mol. The summed E-state index contributed by atoms with van der Waals surface area (Å²) in [5.41, 5.74) is -0.0429. The Hall–Kier alpha value is -0.960. The largest absolute Gasteiger partial charge is 0.294 e. The van der Waals surface area contributed by atoms with Crippen molar-refractivity contribution in [2.45, 2.75) is 13.3 Å².